The molecule has 0 heterocycles. The molecular weight excluding hydrogens is 332 g/mol. The lowest BCUT2D eigenvalue weighted by Gasteiger charge is -2.22. The van der Waals surface area contributed by atoms with Crippen molar-refractivity contribution in [3.05, 3.63) is 94.5 Å². The van der Waals surface area contributed by atoms with E-state index < -0.39 is 0 Å². The van der Waals surface area contributed by atoms with Gasteiger partial charge in [0.2, 0.25) is 0 Å². The molecule has 0 saturated heterocycles. The van der Waals surface area contributed by atoms with Crippen molar-refractivity contribution in [2.45, 2.75) is 45.4 Å². The monoisotopic (exact) mass is 360 g/mol. The molecule has 2 heteroatoms. The molecule has 0 aliphatic carbocycles. The average molecular weight is 360 g/mol. The average Bonchev–Trinajstić information content (AvgIpc) is 2.65. The Bertz CT molecular complexity index is 853. The number of benzene rings is 3. The van der Waals surface area contributed by atoms with E-state index in [-0.39, 0.29) is 17.4 Å². The number of rotatable bonds is 5. The summed E-state index contributed by atoms with van der Waals surface area (Å²) >= 11 is 0. The van der Waals surface area contributed by atoms with Crippen LogP contribution in [-0.4, -0.2) is 10.2 Å². The maximum Gasteiger partial charge on any atom is 0.120 e. The predicted molar refractivity (Wildman–Crippen MR) is 112 cm³/mol. The lowest BCUT2D eigenvalue weighted by Crippen LogP contribution is -2.05. The van der Waals surface area contributed by atoms with Gasteiger partial charge in [-0.3, -0.25) is 0 Å². The van der Waals surface area contributed by atoms with E-state index in [0.717, 1.165) is 27.8 Å². The summed E-state index contributed by atoms with van der Waals surface area (Å²) in [6, 6.07) is 21.8. The van der Waals surface area contributed by atoms with Crippen LogP contribution >= 0.6 is 0 Å². The fraction of sp³-hybridized carbons (Fsp3) is 0.280. The zero-order chi connectivity index (χ0) is 19.6. The highest BCUT2D eigenvalue weighted by atomic mass is 16.3. The molecule has 0 radical (unpaired) electrons. The molecule has 0 aromatic heterocycles. The van der Waals surface area contributed by atoms with E-state index in [4.69, 9.17) is 0 Å². The number of phenolic OH excluding ortho intramolecular Hbond substituents is 2. The van der Waals surface area contributed by atoms with E-state index in [1.807, 2.05) is 54.6 Å². The van der Waals surface area contributed by atoms with Crippen molar-refractivity contribution in [1.82, 2.24) is 0 Å². The Hall–Kier alpha value is -2.74. The molecule has 0 aliphatic heterocycles. The van der Waals surface area contributed by atoms with Crippen molar-refractivity contribution in [3.8, 4) is 11.5 Å². The van der Waals surface area contributed by atoms with Gasteiger partial charge < -0.3 is 10.2 Å². The molecule has 140 valence electrons. The first-order valence-electron chi connectivity index (χ1n) is 9.59. The molecule has 0 amide bonds. The maximum absolute atomic E-state index is 10.8. The van der Waals surface area contributed by atoms with Crippen molar-refractivity contribution in [2.24, 2.45) is 0 Å². The quantitative estimate of drug-likeness (QED) is 0.508. The van der Waals surface area contributed by atoms with Crippen molar-refractivity contribution < 1.29 is 10.2 Å². The largest absolute Gasteiger partial charge is 0.508 e. The molecule has 0 saturated carbocycles. The van der Waals surface area contributed by atoms with Gasteiger partial charge >= 0.3 is 0 Å². The van der Waals surface area contributed by atoms with Crippen molar-refractivity contribution in [3.63, 3.8) is 0 Å². The fourth-order valence-corrected chi connectivity index (χ4v) is 3.50. The molecule has 2 nitrogen and oxygen atoms in total. The molecule has 3 aromatic rings. The highest BCUT2D eigenvalue weighted by Gasteiger charge is 2.23. The Morgan fingerprint density at radius 3 is 1.37 bits per heavy atom. The summed E-state index contributed by atoms with van der Waals surface area (Å²) in [6.45, 7) is 8.44. The first-order valence-corrected chi connectivity index (χ1v) is 9.59. The van der Waals surface area contributed by atoms with Crippen LogP contribution in [0.4, 0.5) is 0 Å². The Labute approximate surface area is 162 Å². The molecular formula is C25H28O2. The van der Waals surface area contributed by atoms with E-state index >= 15 is 0 Å². The van der Waals surface area contributed by atoms with Crippen LogP contribution in [0.3, 0.4) is 0 Å². The van der Waals surface area contributed by atoms with Crippen molar-refractivity contribution in [2.75, 3.05) is 0 Å². The molecule has 0 unspecified atom stereocenters. The lowest BCUT2D eigenvalue weighted by atomic mass is 9.82. The number of hydrogen-bond acceptors (Lipinski definition) is 2. The summed E-state index contributed by atoms with van der Waals surface area (Å²) in [6.07, 6.45) is 0. The molecule has 27 heavy (non-hydrogen) atoms. The van der Waals surface area contributed by atoms with Crippen LogP contribution < -0.4 is 0 Å². The third kappa shape index (κ3) is 4.00. The van der Waals surface area contributed by atoms with Crippen molar-refractivity contribution in [1.29, 1.82) is 0 Å². The summed E-state index contributed by atoms with van der Waals surface area (Å²) in [5.74, 6) is 0.996. The van der Waals surface area contributed by atoms with Gasteiger partial charge in [-0.1, -0.05) is 82.3 Å². The minimum Gasteiger partial charge on any atom is -0.508 e. The van der Waals surface area contributed by atoms with Gasteiger partial charge in [-0.05, 0) is 40.7 Å². The summed E-state index contributed by atoms with van der Waals surface area (Å²) in [7, 11) is 0. The van der Waals surface area contributed by atoms with E-state index in [1.54, 1.807) is 0 Å². The van der Waals surface area contributed by atoms with Crippen LogP contribution in [0.25, 0.3) is 0 Å². The second kappa shape index (κ2) is 7.87. The van der Waals surface area contributed by atoms with Crippen LogP contribution in [-0.2, 0) is 0 Å². The Kier molecular flexibility index (Phi) is 5.55. The Morgan fingerprint density at radius 2 is 1.00 bits per heavy atom. The van der Waals surface area contributed by atoms with E-state index in [0.29, 0.717) is 11.8 Å². The van der Waals surface area contributed by atoms with Gasteiger partial charge in [0.15, 0.2) is 0 Å². The third-order valence-corrected chi connectivity index (χ3v) is 5.20. The van der Waals surface area contributed by atoms with Gasteiger partial charge in [0, 0.05) is 17.0 Å². The summed E-state index contributed by atoms with van der Waals surface area (Å²) in [5.41, 5.74) is 4.85. The topological polar surface area (TPSA) is 40.5 Å². The lowest BCUT2D eigenvalue weighted by molar-refractivity contribution is 0.457. The molecule has 0 aliphatic rings. The number of phenols is 2. The summed E-state index contributed by atoms with van der Waals surface area (Å²) in [4.78, 5) is 0. The number of aromatic hydroxyl groups is 2. The van der Waals surface area contributed by atoms with Crippen LogP contribution in [0.2, 0.25) is 0 Å². The minimum absolute atomic E-state index is 0.228. The minimum atomic E-state index is -0.228. The fourth-order valence-electron chi connectivity index (χ4n) is 3.50. The van der Waals surface area contributed by atoms with Crippen molar-refractivity contribution >= 4 is 0 Å². The SMILES string of the molecule is CC(C)c1ccc(C(c2ccccc2)c2ccc(C(C)C)cc2O)c(O)c1. The van der Waals surface area contributed by atoms with Gasteiger partial charge in [0.1, 0.15) is 11.5 Å². The van der Waals surface area contributed by atoms with Gasteiger partial charge in [-0.25, -0.2) is 0 Å². The molecule has 0 atom stereocenters. The standard InChI is InChI=1S/C25H28O2/c1-16(2)19-10-12-21(23(26)14-19)25(18-8-6-5-7-9-18)22-13-11-20(17(3)4)15-24(22)27/h5-17,25-27H,1-4H3. The maximum atomic E-state index is 10.8. The molecule has 3 aromatic carbocycles. The van der Waals surface area contributed by atoms with Gasteiger partial charge in [0.25, 0.3) is 0 Å². The highest BCUT2D eigenvalue weighted by Crippen LogP contribution is 2.41. The van der Waals surface area contributed by atoms with Crippen LogP contribution in [0, 0.1) is 0 Å². The smallest absolute Gasteiger partial charge is 0.120 e. The second-order valence-corrected chi connectivity index (χ2v) is 7.79. The van der Waals surface area contributed by atoms with Gasteiger partial charge in [-0.15, -0.1) is 0 Å². The normalized spacial score (nSPS) is 11.5. The van der Waals surface area contributed by atoms with E-state index in [1.165, 1.54) is 0 Å². The van der Waals surface area contributed by atoms with E-state index in [9.17, 15) is 10.2 Å². The molecule has 0 spiro atoms. The van der Waals surface area contributed by atoms with Crippen LogP contribution in [0.5, 0.6) is 11.5 Å². The van der Waals surface area contributed by atoms with Crippen LogP contribution in [0.1, 0.15) is 73.3 Å². The summed E-state index contributed by atoms with van der Waals surface area (Å²) in [5, 5.41) is 21.6. The Morgan fingerprint density at radius 1 is 0.556 bits per heavy atom. The molecule has 2 N–H and O–H groups in total. The summed E-state index contributed by atoms with van der Waals surface area (Å²) < 4.78 is 0. The van der Waals surface area contributed by atoms with Crippen LogP contribution in [0.15, 0.2) is 66.7 Å². The van der Waals surface area contributed by atoms with Gasteiger partial charge in [0.05, 0.1) is 0 Å². The zero-order valence-corrected chi connectivity index (χ0v) is 16.5. The first-order chi connectivity index (χ1) is 12.9. The second-order valence-electron chi connectivity index (χ2n) is 7.79. The Balaban J connectivity index is 2.17. The number of hydrogen-bond donors (Lipinski definition) is 2. The zero-order valence-electron chi connectivity index (χ0n) is 16.5. The first kappa shape index (κ1) is 19.0. The van der Waals surface area contributed by atoms with E-state index in [2.05, 4.69) is 39.8 Å². The highest BCUT2D eigenvalue weighted by molar-refractivity contribution is 5.54. The molecule has 0 bridgehead atoms. The predicted octanol–water partition coefficient (Wildman–Crippen LogP) is 6.52. The van der Waals surface area contributed by atoms with Gasteiger partial charge in [-0.2, -0.15) is 0 Å². The third-order valence-electron chi connectivity index (χ3n) is 5.20. The molecule has 3 rings (SSSR count). The molecule has 0 fully saturated rings.